The van der Waals surface area contributed by atoms with Gasteiger partial charge in [0.1, 0.15) is 11.3 Å². The van der Waals surface area contributed by atoms with Crippen LogP contribution >= 0.6 is 15.9 Å². The van der Waals surface area contributed by atoms with Crippen LogP contribution in [0.4, 0.5) is 5.69 Å². The zero-order valence-electron chi connectivity index (χ0n) is 14.2. The fraction of sp³-hybridized carbons (Fsp3) is 0.100. The van der Waals surface area contributed by atoms with Gasteiger partial charge in [-0.2, -0.15) is 0 Å². The average Bonchev–Trinajstić information content (AvgIpc) is 2.96. The molecule has 2 aromatic heterocycles. The van der Waals surface area contributed by atoms with Crippen LogP contribution in [0.5, 0.6) is 0 Å². The number of aromatic nitrogens is 1. The summed E-state index contributed by atoms with van der Waals surface area (Å²) in [5, 5.41) is 4.10. The normalized spacial score (nSPS) is 11.2. The molecule has 4 rings (SSSR count). The Morgan fingerprint density at radius 3 is 2.65 bits per heavy atom. The maximum atomic E-state index is 12.8. The predicted octanol–water partition coefficient (Wildman–Crippen LogP) is 4.61. The first-order chi connectivity index (χ1) is 12.5. The first kappa shape index (κ1) is 16.6. The van der Waals surface area contributed by atoms with E-state index >= 15 is 0 Å². The number of carbonyl (C=O) groups excluding carboxylic acids is 1. The Labute approximate surface area is 157 Å². The molecule has 1 amide bonds. The third-order valence-electron chi connectivity index (χ3n) is 4.47. The van der Waals surface area contributed by atoms with Crippen molar-refractivity contribution < 1.29 is 9.21 Å². The van der Waals surface area contributed by atoms with Crippen LogP contribution in [0, 0.1) is 6.92 Å². The summed E-state index contributed by atoms with van der Waals surface area (Å²) in [6.07, 6.45) is 0. The van der Waals surface area contributed by atoms with E-state index in [0.29, 0.717) is 22.2 Å². The van der Waals surface area contributed by atoms with Gasteiger partial charge in [0.25, 0.3) is 5.91 Å². The molecule has 2 heterocycles. The van der Waals surface area contributed by atoms with Crippen LogP contribution in [0.2, 0.25) is 0 Å². The third kappa shape index (κ3) is 2.63. The van der Waals surface area contributed by atoms with Crippen LogP contribution < -0.4 is 10.9 Å². The predicted molar refractivity (Wildman–Crippen MR) is 106 cm³/mol. The van der Waals surface area contributed by atoms with Gasteiger partial charge in [-0.1, -0.05) is 28.1 Å². The van der Waals surface area contributed by atoms with Gasteiger partial charge in [0, 0.05) is 22.6 Å². The molecule has 6 heteroatoms. The molecule has 2 aromatic carbocycles. The summed E-state index contributed by atoms with van der Waals surface area (Å²) < 4.78 is 8.05. The fourth-order valence-corrected chi connectivity index (χ4v) is 3.64. The van der Waals surface area contributed by atoms with Gasteiger partial charge < -0.3 is 14.3 Å². The molecule has 0 bridgehead atoms. The number of halogens is 1. The molecule has 0 aliphatic rings. The van der Waals surface area contributed by atoms with Gasteiger partial charge in [-0.05, 0) is 48.9 Å². The Kier molecular flexibility index (Phi) is 3.92. The molecular weight excluding hydrogens is 396 g/mol. The van der Waals surface area contributed by atoms with Gasteiger partial charge in [0.05, 0.1) is 10.9 Å². The van der Waals surface area contributed by atoms with Crippen molar-refractivity contribution in [1.82, 2.24) is 4.57 Å². The van der Waals surface area contributed by atoms with Gasteiger partial charge in [-0.15, -0.1) is 0 Å². The molecule has 5 nitrogen and oxygen atoms in total. The monoisotopic (exact) mass is 410 g/mol. The molecule has 0 aliphatic carbocycles. The molecule has 0 atom stereocenters. The van der Waals surface area contributed by atoms with Crippen molar-refractivity contribution in [1.29, 1.82) is 0 Å². The lowest BCUT2D eigenvalue weighted by Gasteiger charge is -2.10. The van der Waals surface area contributed by atoms with Crippen molar-refractivity contribution in [3.8, 4) is 0 Å². The number of nitrogens with zero attached hydrogens (tertiary/aromatic N) is 1. The van der Waals surface area contributed by atoms with E-state index in [1.54, 1.807) is 23.7 Å². The topological polar surface area (TPSA) is 64.2 Å². The molecule has 26 heavy (non-hydrogen) atoms. The fourth-order valence-electron chi connectivity index (χ4n) is 3.16. The number of rotatable bonds is 2. The second kappa shape index (κ2) is 6.14. The second-order valence-electron chi connectivity index (χ2n) is 6.15. The Balaban J connectivity index is 1.85. The Hall–Kier alpha value is -2.86. The molecule has 0 fully saturated rings. The minimum absolute atomic E-state index is 0.280. The van der Waals surface area contributed by atoms with E-state index in [2.05, 4.69) is 21.2 Å². The highest BCUT2D eigenvalue weighted by Crippen LogP contribution is 2.26. The van der Waals surface area contributed by atoms with Crippen LogP contribution in [0.15, 0.2) is 62.2 Å². The van der Waals surface area contributed by atoms with E-state index in [1.165, 1.54) is 0 Å². The van der Waals surface area contributed by atoms with E-state index in [4.69, 9.17) is 4.42 Å². The van der Waals surface area contributed by atoms with E-state index in [-0.39, 0.29) is 5.91 Å². The van der Waals surface area contributed by atoms with Gasteiger partial charge in [-0.25, -0.2) is 4.79 Å². The Morgan fingerprint density at radius 1 is 1.12 bits per heavy atom. The van der Waals surface area contributed by atoms with Crippen LogP contribution in [-0.2, 0) is 7.05 Å². The maximum Gasteiger partial charge on any atom is 0.345 e. The van der Waals surface area contributed by atoms with Gasteiger partial charge in [0.15, 0.2) is 0 Å². The molecule has 1 N–H and O–H groups in total. The van der Waals surface area contributed by atoms with Crippen LogP contribution in [-0.4, -0.2) is 10.5 Å². The minimum atomic E-state index is -0.451. The lowest BCUT2D eigenvalue weighted by Crippen LogP contribution is -2.16. The van der Waals surface area contributed by atoms with Crippen LogP contribution in [0.25, 0.3) is 21.9 Å². The standard InChI is InChI=1S/C20H15BrN2O3/c1-11-9-12(21)7-8-15(11)22-19(24)16-10-14-18(23(16)2)13-5-3-4-6-17(13)26-20(14)25/h3-10H,1-2H3,(H,22,24). The van der Waals surface area contributed by atoms with Crippen molar-refractivity contribution >= 4 is 49.4 Å². The van der Waals surface area contributed by atoms with Crippen LogP contribution in [0.1, 0.15) is 16.1 Å². The molecule has 0 saturated heterocycles. The summed E-state index contributed by atoms with van der Waals surface area (Å²) in [5.74, 6) is -0.280. The number of carbonyl (C=O) groups is 1. The molecule has 0 spiro atoms. The van der Waals surface area contributed by atoms with Crippen molar-refractivity contribution in [2.24, 2.45) is 7.05 Å². The number of hydrogen-bond acceptors (Lipinski definition) is 3. The summed E-state index contributed by atoms with van der Waals surface area (Å²) in [7, 11) is 1.78. The number of amides is 1. The second-order valence-corrected chi connectivity index (χ2v) is 7.07. The summed E-state index contributed by atoms with van der Waals surface area (Å²) in [6, 6.07) is 14.5. The molecule has 0 saturated carbocycles. The number of benzene rings is 2. The summed E-state index contributed by atoms with van der Waals surface area (Å²) in [5.41, 5.74) is 2.80. The van der Waals surface area contributed by atoms with Crippen LogP contribution in [0.3, 0.4) is 0 Å². The van der Waals surface area contributed by atoms with Crippen molar-refractivity contribution in [3.63, 3.8) is 0 Å². The summed E-state index contributed by atoms with van der Waals surface area (Å²) in [4.78, 5) is 25.1. The molecule has 4 aromatic rings. The summed E-state index contributed by atoms with van der Waals surface area (Å²) in [6.45, 7) is 1.92. The number of nitrogens with one attached hydrogen (secondary N) is 1. The van der Waals surface area contributed by atoms with Crippen molar-refractivity contribution in [3.05, 3.63) is 74.7 Å². The highest BCUT2D eigenvalue weighted by molar-refractivity contribution is 9.10. The average molecular weight is 411 g/mol. The molecule has 0 radical (unpaired) electrons. The number of aryl methyl sites for hydroxylation is 2. The molecular formula is C20H15BrN2O3. The van der Waals surface area contributed by atoms with Crippen molar-refractivity contribution in [2.75, 3.05) is 5.32 Å². The van der Waals surface area contributed by atoms with E-state index < -0.39 is 5.63 Å². The van der Waals surface area contributed by atoms with Crippen molar-refractivity contribution in [2.45, 2.75) is 6.92 Å². The Bertz CT molecular complexity index is 1240. The zero-order valence-corrected chi connectivity index (χ0v) is 15.8. The smallest absolute Gasteiger partial charge is 0.345 e. The first-order valence-electron chi connectivity index (χ1n) is 8.04. The lowest BCUT2D eigenvalue weighted by molar-refractivity contribution is 0.101. The number of hydrogen-bond donors (Lipinski definition) is 1. The zero-order chi connectivity index (χ0) is 18.4. The first-order valence-corrected chi connectivity index (χ1v) is 8.84. The van der Waals surface area contributed by atoms with E-state index in [0.717, 1.165) is 21.1 Å². The number of anilines is 1. The highest BCUT2D eigenvalue weighted by Gasteiger charge is 2.19. The van der Waals surface area contributed by atoms with Gasteiger partial charge in [-0.3, -0.25) is 4.79 Å². The molecule has 0 unspecified atom stereocenters. The van der Waals surface area contributed by atoms with E-state index in [9.17, 15) is 9.59 Å². The maximum absolute atomic E-state index is 12.8. The molecule has 130 valence electrons. The molecule has 0 aliphatic heterocycles. The highest BCUT2D eigenvalue weighted by atomic mass is 79.9. The quantitative estimate of drug-likeness (QED) is 0.490. The largest absolute Gasteiger partial charge is 0.422 e. The van der Waals surface area contributed by atoms with E-state index in [1.807, 2.05) is 43.3 Å². The summed E-state index contributed by atoms with van der Waals surface area (Å²) >= 11 is 3.41. The number of fused-ring (bicyclic) bond motifs is 3. The SMILES string of the molecule is Cc1cc(Br)ccc1NC(=O)c1cc2c(=O)oc3ccccc3c2n1C. The third-order valence-corrected chi connectivity index (χ3v) is 4.96. The van der Waals surface area contributed by atoms with Gasteiger partial charge in [0.2, 0.25) is 0 Å². The lowest BCUT2D eigenvalue weighted by atomic mass is 10.2. The number of para-hydroxylation sites is 1. The minimum Gasteiger partial charge on any atom is -0.422 e. The Morgan fingerprint density at radius 2 is 1.88 bits per heavy atom. The van der Waals surface area contributed by atoms with Gasteiger partial charge >= 0.3 is 5.63 Å².